The van der Waals surface area contributed by atoms with E-state index in [9.17, 15) is 14.7 Å². The van der Waals surface area contributed by atoms with Crippen molar-refractivity contribution in [3.63, 3.8) is 0 Å². The number of aliphatic hydroxyl groups is 1. The number of ketones is 2. The minimum Gasteiger partial charge on any atom is -0.389 e. The zero-order chi connectivity index (χ0) is 15.7. The average molecular weight is 300 g/mol. The van der Waals surface area contributed by atoms with Crippen molar-refractivity contribution in [3.8, 4) is 0 Å². The molecule has 3 fully saturated rings. The molecular weight excluding hydrogens is 276 g/mol. The molecule has 6 atom stereocenters. The second kappa shape index (κ2) is 4.41. The molecule has 22 heavy (non-hydrogen) atoms. The molecule has 0 aliphatic heterocycles. The van der Waals surface area contributed by atoms with Gasteiger partial charge in [-0.2, -0.15) is 0 Å². The summed E-state index contributed by atoms with van der Waals surface area (Å²) in [6.45, 7) is 4.31. The number of Topliss-reactive ketones (excluding diaryl/α,β-unsaturated/α-hetero) is 1. The lowest BCUT2D eigenvalue weighted by Gasteiger charge is -2.56. The largest absolute Gasteiger partial charge is 0.389 e. The number of hydrogen-bond donors (Lipinski definition) is 1. The van der Waals surface area contributed by atoms with Crippen LogP contribution in [0.3, 0.4) is 0 Å². The van der Waals surface area contributed by atoms with Crippen molar-refractivity contribution in [2.24, 2.45) is 28.6 Å². The van der Waals surface area contributed by atoms with Gasteiger partial charge in [-0.15, -0.1) is 0 Å². The van der Waals surface area contributed by atoms with E-state index < -0.39 is 6.10 Å². The van der Waals surface area contributed by atoms with Crippen LogP contribution in [0.25, 0.3) is 0 Å². The van der Waals surface area contributed by atoms with Crippen molar-refractivity contribution in [2.45, 2.75) is 52.1 Å². The quantitative estimate of drug-likeness (QED) is 0.748. The van der Waals surface area contributed by atoms with E-state index in [0.29, 0.717) is 36.4 Å². The molecule has 0 amide bonds. The Morgan fingerprint density at radius 1 is 1.18 bits per heavy atom. The van der Waals surface area contributed by atoms with E-state index in [-0.39, 0.29) is 16.6 Å². The highest BCUT2D eigenvalue weighted by Gasteiger charge is 2.59. The predicted molar refractivity (Wildman–Crippen MR) is 83.0 cm³/mol. The highest BCUT2D eigenvalue weighted by Crippen LogP contribution is 2.63. The molecular formula is C19H24O3. The Bertz CT molecular complexity index is 616. The van der Waals surface area contributed by atoms with Gasteiger partial charge in [0.05, 0.1) is 6.10 Å². The van der Waals surface area contributed by atoms with Crippen LogP contribution in [0.1, 0.15) is 46.0 Å². The minimum absolute atomic E-state index is 0.0123. The van der Waals surface area contributed by atoms with Crippen LogP contribution in [-0.2, 0) is 9.59 Å². The molecule has 0 unspecified atom stereocenters. The van der Waals surface area contributed by atoms with E-state index in [1.807, 2.05) is 6.08 Å². The molecule has 0 bridgehead atoms. The van der Waals surface area contributed by atoms with Gasteiger partial charge in [-0.1, -0.05) is 19.9 Å². The summed E-state index contributed by atoms with van der Waals surface area (Å²) in [4.78, 5) is 24.1. The monoisotopic (exact) mass is 300 g/mol. The summed E-state index contributed by atoms with van der Waals surface area (Å²) in [6, 6.07) is 0. The highest BCUT2D eigenvalue weighted by molar-refractivity contribution is 6.01. The number of carbonyl (C=O) groups is 2. The number of carbonyl (C=O) groups excluding carboxylic acids is 2. The van der Waals surface area contributed by atoms with E-state index in [1.54, 1.807) is 12.2 Å². The van der Waals surface area contributed by atoms with Crippen molar-refractivity contribution < 1.29 is 14.7 Å². The molecule has 1 N–H and O–H groups in total. The fourth-order valence-corrected chi connectivity index (χ4v) is 6.02. The minimum atomic E-state index is -0.543. The zero-order valence-corrected chi connectivity index (χ0v) is 13.3. The number of fused-ring (bicyclic) bond motifs is 5. The van der Waals surface area contributed by atoms with Crippen LogP contribution >= 0.6 is 0 Å². The van der Waals surface area contributed by atoms with Crippen LogP contribution in [0, 0.1) is 28.6 Å². The van der Waals surface area contributed by atoms with E-state index >= 15 is 0 Å². The second-order valence-electron chi connectivity index (χ2n) is 8.16. The molecule has 0 aromatic rings. The van der Waals surface area contributed by atoms with Crippen LogP contribution in [0.15, 0.2) is 23.8 Å². The van der Waals surface area contributed by atoms with Gasteiger partial charge < -0.3 is 5.11 Å². The van der Waals surface area contributed by atoms with Crippen molar-refractivity contribution in [1.29, 1.82) is 0 Å². The molecule has 3 heteroatoms. The SMILES string of the molecule is C[C@]12C=CC(=O)C=C1[C@H](O)C[C@@H]1[C@@H]2CC[C@]2(C)C(=O)CC[C@@H]12. The molecule has 0 heterocycles. The Morgan fingerprint density at radius 3 is 2.73 bits per heavy atom. The van der Waals surface area contributed by atoms with Crippen molar-refractivity contribution in [2.75, 3.05) is 0 Å². The molecule has 4 aliphatic rings. The average Bonchev–Trinajstić information content (AvgIpc) is 2.77. The standard InChI is InChI=1S/C19H24O3/c1-18-7-5-11(20)9-15(18)16(21)10-12-13-3-4-17(22)19(13,2)8-6-14(12)18/h5,7,9,12-14,16,21H,3-4,6,8,10H2,1-2H3/t12-,13-,14-,16+,18+,19-/m0/s1. The molecule has 0 saturated heterocycles. The van der Waals surface area contributed by atoms with E-state index in [0.717, 1.165) is 24.8 Å². The Hall–Kier alpha value is -1.22. The summed E-state index contributed by atoms with van der Waals surface area (Å²) in [5, 5.41) is 10.7. The third-order valence-electron chi connectivity index (χ3n) is 7.28. The van der Waals surface area contributed by atoms with Gasteiger partial charge in [0.25, 0.3) is 0 Å². The summed E-state index contributed by atoms with van der Waals surface area (Å²) in [7, 11) is 0. The van der Waals surface area contributed by atoms with Crippen molar-refractivity contribution in [3.05, 3.63) is 23.8 Å². The summed E-state index contributed by atoms with van der Waals surface area (Å²) in [5.74, 6) is 1.64. The lowest BCUT2D eigenvalue weighted by molar-refractivity contribution is -0.132. The lowest BCUT2D eigenvalue weighted by atomic mass is 9.48. The van der Waals surface area contributed by atoms with Gasteiger partial charge in [0.1, 0.15) is 5.78 Å². The Labute approximate surface area is 131 Å². The highest BCUT2D eigenvalue weighted by atomic mass is 16.3. The molecule has 3 saturated carbocycles. The zero-order valence-electron chi connectivity index (χ0n) is 13.3. The summed E-state index contributed by atoms with van der Waals surface area (Å²) >= 11 is 0. The topological polar surface area (TPSA) is 54.4 Å². The molecule has 4 rings (SSSR count). The van der Waals surface area contributed by atoms with Gasteiger partial charge in [0.15, 0.2) is 5.78 Å². The number of allylic oxidation sites excluding steroid dienone is 3. The third-order valence-corrected chi connectivity index (χ3v) is 7.28. The van der Waals surface area contributed by atoms with E-state index in [4.69, 9.17) is 0 Å². The Morgan fingerprint density at radius 2 is 1.95 bits per heavy atom. The van der Waals surface area contributed by atoms with Gasteiger partial charge in [-0.3, -0.25) is 9.59 Å². The van der Waals surface area contributed by atoms with Crippen LogP contribution in [-0.4, -0.2) is 22.8 Å². The first-order valence-electron chi connectivity index (χ1n) is 8.53. The Balaban J connectivity index is 1.76. The lowest BCUT2D eigenvalue weighted by Crippen LogP contribution is -2.53. The van der Waals surface area contributed by atoms with Crippen LogP contribution in [0.2, 0.25) is 0 Å². The Kier molecular flexibility index (Phi) is 2.88. The molecule has 0 radical (unpaired) electrons. The van der Waals surface area contributed by atoms with Gasteiger partial charge in [-0.05, 0) is 61.2 Å². The van der Waals surface area contributed by atoms with Gasteiger partial charge in [0, 0.05) is 17.3 Å². The van der Waals surface area contributed by atoms with Crippen LogP contribution in [0.4, 0.5) is 0 Å². The number of hydrogen-bond acceptors (Lipinski definition) is 3. The summed E-state index contributed by atoms with van der Waals surface area (Å²) in [6.07, 6.45) is 9.14. The third kappa shape index (κ3) is 1.66. The second-order valence-corrected chi connectivity index (χ2v) is 8.16. The molecule has 0 aromatic heterocycles. The fourth-order valence-electron chi connectivity index (χ4n) is 6.02. The van der Waals surface area contributed by atoms with Gasteiger partial charge in [-0.25, -0.2) is 0 Å². The molecule has 3 nitrogen and oxygen atoms in total. The number of aliphatic hydroxyl groups excluding tert-OH is 1. The van der Waals surface area contributed by atoms with Crippen molar-refractivity contribution in [1.82, 2.24) is 0 Å². The van der Waals surface area contributed by atoms with Crippen molar-refractivity contribution >= 4 is 11.6 Å². The molecule has 4 aliphatic carbocycles. The molecule has 118 valence electrons. The molecule has 0 spiro atoms. The van der Waals surface area contributed by atoms with Gasteiger partial charge in [0.2, 0.25) is 0 Å². The maximum atomic E-state index is 12.4. The van der Waals surface area contributed by atoms with E-state index in [1.165, 1.54) is 0 Å². The first-order chi connectivity index (χ1) is 10.4. The first-order valence-corrected chi connectivity index (χ1v) is 8.53. The van der Waals surface area contributed by atoms with Crippen LogP contribution in [0.5, 0.6) is 0 Å². The smallest absolute Gasteiger partial charge is 0.178 e. The van der Waals surface area contributed by atoms with Gasteiger partial charge >= 0.3 is 0 Å². The maximum absolute atomic E-state index is 12.4. The molecule has 0 aromatic carbocycles. The summed E-state index contributed by atoms with van der Waals surface area (Å²) < 4.78 is 0. The number of rotatable bonds is 0. The van der Waals surface area contributed by atoms with Crippen LogP contribution < -0.4 is 0 Å². The maximum Gasteiger partial charge on any atom is 0.178 e. The predicted octanol–water partition coefficient (Wildman–Crippen LogP) is 2.83. The fraction of sp³-hybridized carbons (Fsp3) is 0.684. The normalized spacial score (nSPS) is 50.2. The first kappa shape index (κ1) is 14.4. The summed E-state index contributed by atoms with van der Waals surface area (Å²) in [5.41, 5.74) is 0.504. The van der Waals surface area contributed by atoms with E-state index in [2.05, 4.69) is 13.8 Å².